The highest BCUT2D eigenvalue weighted by atomic mass is 16.4. The van der Waals surface area contributed by atoms with Crippen LogP contribution in [0.2, 0.25) is 0 Å². The average Bonchev–Trinajstić information content (AvgIpc) is 2.35. The molecule has 5 heteroatoms. The van der Waals surface area contributed by atoms with E-state index in [1.807, 2.05) is 25.1 Å². The lowest BCUT2D eigenvalue weighted by molar-refractivity contribution is -0.140. The van der Waals surface area contributed by atoms with E-state index in [0.29, 0.717) is 5.69 Å². The molecule has 0 aliphatic heterocycles. The summed E-state index contributed by atoms with van der Waals surface area (Å²) in [6.07, 6.45) is 0.876. The summed E-state index contributed by atoms with van der Waals surface area (Å²) >= 11 is 0. The smallest absolute Gasteiger partial charge is 0.326 e. The Morgan fingerprint density at radius 3 is 2.53 bits per heavy atom. The van der Waals surface area contributed by atoms with Gasteiger partial charge in [0.2, 0.25) is 0 Å². The number of carboxylic acids is 1. The molecule has 19 heavy (non-hydrogen) atoms. The van der Waals surface area contributed by atoms with Gasteiger partial charge in [-0.05, 0) is 30.0 Å². The first kappa shape index (κ1) is 15.0. The minimum Gasteiger partial charge on any atom is -0.480 e. The monoisotopic (exact) mass is 264 g/mol. The van der Waals surface area contributed by atoms with Crippen LogP contribution in [-0.2, 0) is 11.2 Å². The van der Waals surface area contributed by atoms with E-state index in [1.54, 1.807) is 19.9 Å². The summed E-state index contributed by atoms with van der Waals surface area (Å²) < 4.78 is 0. The molecule has 0 bridgehead atoms. The van der Waals surface area contributed by atoms with E-state index >= 15 is 0 Å². The van der Waals surface area contributed by atoms with Gasteiger partial charge in [-0.25, -0.2) is 9.59 Å². The second kappa shape index (κ2) is 6.78. The highest BCUT2D eigenvalue weighted by molar-refractivity contribution is 5.92. The van der Waals surface area contributed by atoms with Gasteiger partial charge in [0.05, 0.1) is 0 Å². The highest BCUT2D eigenvalue weighted by Crippen LogP contribution is 2.11. The number of hydrogen-bond donors (Lipinski definition) is 3. The van der Waals surface area contributed by atoms with Crippen molar-refractivity contribution < 1.29 is 14.7 Å². The molecule has 1 aromatic rings. The van der Waals surface area contributed by atoms with Crippen LogP contribution in [-0.4, -0.2) is 23.1 Å². The third-order valence-corrected chi connectivity index (χ3v) is 2.81. The Kier molecular flexibility index (Phi) is 5.36. The molecule has 1 atom stereocenters. The number of carbonyl (C=O) groups excluding carboxylic acids is 1. The third kappa shape index (κ3) is 4.62. The van der Waals surface area contributed by atoms with E-state index in [0.717, 1.165) is 12.0 Å². The third-order valence-electron chi connectivity index (χ3n) is 2.81. The zero-order valence-electron chi connectivity index (χ0n) is 11.4. The lowest BCUT2D eigenvalue weighted by atomic mass is 10.1. The van der Waals surface area contributed by atoms with Gasteiger partial charge in [-0.1, -0.05) is 32.9 Å². The van der Waals surface area contributed by atoms with Gasteiger partial charge in [0.25, 0.3) is 0 Å². The molecule has 5 nitrogen and oxygen atoms in total. The molecule has 0 aromatic heterocycles. The van der Waals surface area contributed by atoms with Crippen LogP contribution in [0.5, 0.6) is 0 Å². The Morgan fingerprint density at radius 1 is 1.32 bits per heavy atom. The van der Waals surface area contributed by atoms with Gasteiger partial charge < -0.3 is 15.7 Å². The predicted octanol–water partition coefficient (Wildman–Crippen LogP) is 2.48. The summed E-state index contributed by atoms with van der Waals surface area (Å²) in [5, 5.41) is 14.1. The normalized spacial score (nSPS) is 12.0. The first-order chi connectivity index (χ1) is 8.93. The topological polar surface area (TPSA) is 78.4 Å². The van der Waals surface area contributed by atoms with Crippen molar-refractivity contribution in [3.05, 3.63) is 29.8 Å². The summed E-state index contributed by atoms with van der Waals surface area (Å²) in [5.41, 5.74) is 1.76. The Morgan fingerprint density at radius 2 is 2.00 bits per heavy atom. The SMILES string of the molecule is CCc1cccc(NC(=O)NC(C(=O)O)C(C)C)c1. The fourth-order valence-corrected chi connectivity index (χ4v) is 1.69. The summed E-state index contributed by atoms with van der Waals surface area (Å²) in [6, 6.07) is 6.06. The van der Waals surface area contributed by atoms with Gasteiger partial charge in [0, 0.05) is 5.69 Å². The summed E-state index contributed by atoms with van der Waals surface area (Å²) in [5.74, 6) is -1.21. The predicted molar refractivity (Wildman–Crippen MR) is 74.2 cm³/mol. The molecule has 1 rings (SSSR count). The first-order valence-electron chi connectivity index (χ1n) is 6.33. The number of amides is 2. The Bertz CT molecular complexity index is 458. The van der Waals surface area contributed by atoms with E-state index in [9.17, 15) is 9.59 Å². The minimum absolute atomic E-state index is 0.176. The van der Waals surface area contributed by atoms with Crippen molar-refractivity contribution >= 4 is 17.7 Å². The lowest BCUT2D eigenvalue weighted by Crippen LogP contribution is -2.46. The van der Waals surface area contributed by atoms with E-state index in [2.05, 4.69) is 10.6 Å². The largest absolute Gasteiger partial charge is 0.480 e. The standard InChI is InChI=1S/C14H20N2O3/c1-4-10-6-5-7-11(8-10)15-14(19)16-12(9(2)3)13(17)18/h5-9,12H,4H2,1-3H3,(H,17,18)(H2,15,16,19). The number of carboxylic acid groups (broad SMARTS) is 1. The quantitative estimate of drug-likeness (QED) is 0.764. The first-order valence-corrected chi connectivity index (χ1v) is 6.33. The van der Waals surface area contributed by atoms with E-state index in [-0.39, 0.29) is 5.92 Å². The Hall–Kier alpha value is -2.04. The number of benzene rings is 1. The van der Waals surface area contributed by atoms with Gasteiger partial charge in [0.1, 0.15) is 6.04 Å². The number of urea groups is 1. The molecule has 1 aromatic carbocycles. The van der Waals surface area contributed by atoms with Gasteiger partial charge >= 0.3 is 12.0 Å². The van der Waals surface area contributed by atoms with Crippen LogP contribution in [0.4, 0.5) is 10.5 Å². The van der Waals surface area contributed by atoms with E-state index in [4.69, 9.17) is 5.11 Å². The van der Waals surface area contributed by atoms with Crippen LogP contribution >= 0.6 is 0 Å². The second-order valence-corrected chi connectivity index (χ2v) is 4.71. The summed E-state index contributed by atoms with van der Waals surface area (Å²) in [7, 11) is 0. The van der Waals surface area contributed by atoms with Crippen LogP contribution in [0.25, 0.3) is 0 Å². The maximum absolute atomic E-state index is 11.7. The highest BCUT2D eigenvalue weighted by Gasteiger charge is 2.23. The fourth-order valence-electron chi connectivity index (χ4n) is 1.69. The van der Waals surface area contributed by atoms with Crippen LogP contribution in [0.3, 0.4) is 0 Å². The molecule has 0 aliphatic rings. The maximum Gasteiger partial charge on any atom is 0.326 e. The summed E-state index contributed by atoms with van der Waals surface area (Å²) in [4.78, 5) is 22.7. The zero-order chi connectivity index (χ0) is 14.4. The molecular formula is C14H20N2O3. The molecule has 3 N–H and O–H groups in total. The molecular weight excluding hydrogens is 244 g/mol. The van der Waals surface area contributed by atoms with Crippen LogP contribution in [0.15, 0.2) is 24.3 Å². The maximum atomic E-state index is 11.7. The molecule has 1 unspecified atom stereocenters. The van der Waals surface area contributed by atoms with Gasteiger partial charge in [0.15, 0.2) is 0 Å². The lowest BCUT2D eigenvalue weighted by Gasteiger charge is -2.18. The van der Waals surface area contributed by atoms with Crippen molar-refractivity contribution in [2.75, 3.05) is 5.32 Å². The molecule has 104 valence electrons. The van der Waals surface area contributed by atoms with Gasteiger partial charge in [-0.2, -0.15) is 0 Å². The Labute approximate surface area is 113 Å². The van der Waals surface area contributed by atoms with Crippen molar-refractivity contribution in [1.29, 1.82) is 0 Å². The summed E-state index contributed by atoms with van der Waals surface area (Å²) in [6.45, 7) is 5.52. The molecule has 0 aliphatic carbocycles. The molecule has 0 heterocycles. The molecule has 0 saturated carbocycles. The number of aryl methyl sites for hydroxylation is 1. The fraction of sp³-hybridized carbons (Fsp3) is 0.429. The molecule has 0 spiro atoms. The van der Waals surface area contributed by atoms with Crippen molar-refractivity contribution in [3.8, 4) is 0 Å². The van der Waals surface area contributed by atoms with E-state index < -0.39 is 18.0 Å². The van der Waals surface area contributed by atoms with Crippen molar-refractivity contribution in [1.82, 2.24) is 5.32 Å². The second-order valence-electron chi connectivity index (χ2n) is 4.71. The van der Waals surface area contributed by atoms with Crippen LogP contribution in [0.1, 0.15) is 26.3 Å². The van der Waals surface area contributed by atoms with Gasteiger partial charge in [-0.3, -0.25) is 0 Å². The van der Waals surface area contributed by atoms with Crippen molar-refractivity contribution in [3.63, 3.8) is 0 Å². The number of aliphatic carboxylic acids is 1. The van der Waals surface area contributed by atoms with Crippen LogP contribution in [0, 0.1) is 5.92 Å². The number of rotatable bonds is 5. The molecule has 0 fully saturated rings. The molecule has 0 saturated heterocycles. The molecule has 2 amide bonds. The number of hydrogen-bond acceptors (Lipinski definition) is 2. The number of nitrogens with one attached hydrogen (secondary N) is 2. The van der Waals surface area contributed by atoms with E-state index in [1.165, 1.54) is 0 Å². The number of anilines is 1. The Balaban J connectivity index is 2.66. The van der Waals surface area contributed by atoms with Gasteiger partial charge in [-0.15, -0.1) is 0 Å². The minimum atomic E-state index is -1.03. The average molecular weight is 264 g/mol. The number of carbonyl (C=O) groups is 2. The molecule has 0 radical (unpaired) electrons. The van der Waals surface area contributed by atoms with Crippen molar-refractivity contribution in [2.45, 2.75) is 33.2 Å². The van der Waals surface area contributed by atoms with Crippen LogP contribution < -0.4 is 10.6 Å². The zero-order valence-corrected chi connectivity index (χ0v) is 11.4. The van der Waals surface area contributed by atoms with Crippen molar-refractivity contribution in [2.24, 2.45) is 5.92 Å².